The van der Waals surface area contributed by atoms with Crippen molar-refractivity contribution in [3.63, 3.8) is 0 Å². The van der Waals surface area contributed by atoms with E-state index < -0.39 is 0 Å². The lowest BCUT2D eigenvalue weighted by atomic mass is 9.68. The van der Waals surface area contributed by atoms with Gasteiger partial charge in [-0.05, 0) is 80.0 Å². The van der Waals surface area contributed by atoms with Crippen LogP contribution in [-0.2, 0) is 17.8 Å². The number of allylic oxidation sites excluding steroid dienone is 3. The Morgan fingerprint density at radius 2 is 1.55 bits per heavy atom. The Balaban J connectivity index is 1.49. The summed E-state index contributed by atoms with van der Waals surface area (Å²) < 4.78 is 22.4. The number of hydrogen-bond acceptors (Lipinski definition) is 6. The molecular formula is C33H42N2O5. The number of hydrogen-bond donors (Lipinski definition) is 0. The predicted molar refractivity (Wildman–Crippen MR) is 157 cm³/mol. The van der Waals surface area contributed by atoms with Crippen molar-refractivity contribution in [2.45, 2.75) is 51.6 Å². The number of benzene rings is 2. The highest BCUT2D eigenvalue weighted by atomic mass is 16.5. The maximum Gasteiger partial charge on any atom is 0.227 e. The summed E-state index contributed by atoms with van der Waals surface area (Å²) in [6.45, 7) is 7.55. The Morgan fingerprint density at radius 3 is 2.12 bits per heavy atom. The van der Waals surface area contributed by atoms with E-state index in [4.69, 9.17) is 18.9 Å². The van der Waals surface area contributed by atoms with E-state index in [0.29, 0.717) is 13.0 Å². The van der Waals surface area contributed by atoms with Gasteiger partial charge in [0.25, 0.3) is 0 Å². The lowest BCUT2D eigenvalue weighted by Crippen LogP contribution is -2.62. The van der Waals surface area contributed by atoms with Crippen molar-refractivity contribution in [1.29, 1.82) is 0 Å². The Bertz CT molecular complexity index is 1300. The summed E-state index contributed by atoms with van der Waals surface area (Å²) in [5, 5.41) is 0. The first-order valence-corrected chi connectivity index (χ1v) is 14.3. The molecule has 2 heterocycles. The minimum Gasteiger partial charge on any atom is -0.497 e. The molecule has 0 radical (unpaired) electrons. The largest absolute Gasteiger partial charge is 0.497 e. The molecule has 1 spiro atoms. The third-order valence-corrected chi connectivity index (χ3v) is 9.02. The van der Waals surface area contributed by atoms with Crippen molar-refractivity contribution in [3.8, 4) is 23.0 Å². The molecule has 1 amide bonds. The molecule has 0 aromatic heterocycles. The van der Waals surface area contributed by atoms with Crippen LogP contribution in [-0.4, -0.2) is 69.3 Å². The van der Waals surface area contributed by atoms with E-state index in [2.05, 4.69) is 54.0 Å². The van der Waals surface area contributed by atoms with Gasteiger partial charge in [0.1, 0.15) is 23.0 Å². The zero-order valence-corrected chi connectivity index (χ0v) is 24.7. The fourth-order valence-corrected chi connectivity index (χ4v) is 7.01. The summed E-state index contributed by atoms with van der Waals surface area (Å²) in [6.07, 6.45) is 7.82. The summed E-state index contributed by atoms with van der Waals surface area (Å²) in [5.41, 5.74) is 5.60. The van der Waals surface area contributed by atoms with E-state index in [-0.39, 0.29) is 17.4 Å². The number of likely N-dealkylation sites (tertiary alicyclic amines) is 2. The molecule has 40 heavy (non-hydrogen) atoms. The third-order valence-electron chi connectivity index (χ3n) is 9.02. The van der Waals surface area contributed by atoms with Crippen LogP contribution in [0.5, 0.6) is 23.0 Å². The molecule has 2 saturated heterocycles. The number of rotatable bonds is 7. The van der Waals surface area contributed by atoms with Gasteiger partial charge in [-0.2, -0.15) is 0 Å². The fraction of sp³-hybridized carbons (Fsp3) is 0.485. The molecule has 7 nitrogen and oxygen atoms in total. The van der Waals surface area contributed by atoms with Crippen LogP contribution in [0.3, 0.4) is 0 Å². The number of carbonyl (C=O) groups is 1. The average Bonchev–Trinajstić information content (AvgIpc) is 2.97. The molecule has 2 aliphatic heterocycles. The van der Waals surface area contributed by atoms with Gasteiger partial charge in [-0.15, -0.1) is 0 Å². The van der Waals surface area contributed by atoms with E-state index in [9.17, 15) is 4.79 Å². The topological polar surface area (TPSA) is 60.5 Å². The standard InChI is InChI=1S/C33H42N2O5/c1-7-23-16-26-17-25(15-24-18-29(39-5)20-30(40-6)31(23)24)32(36)35(8-2)33(26)9-11-34(12-10-33)21-22-13-27(37-3)19-28(14-22)38-4/h7,13-14,16,18-20,25H,8-12,15,17,21H2,1-6H3/b23-7+,26-16+. The van der Waals surface area contributed by atoms with Crippen LogP contribution in [0.1, 0.15) is 49.8 Å². The molecule has 2 aromatic carbocycles. The quantitative estimate of drug-likeness (QED) is 0.457. The van der Waals surface area contributed by atoms with Crippen molar-refractivity contribution in [1.82, 2.24) is 9.80 Å². The van der Waals surface area contributed by atoms with E-state index in [0.717, 1.165) is 78.6 Å². The summed E-state index contributed by atoms with van der Waals surface area (Å²) in [6, 6.07) is 10.1. The Kier molecular flexibility index (Phi) is 8.13. The highest BCUT2D eigenvalue weighted by molar-refractivity contribution is 5.87. The molecule has 214 valence electrons. The Labute approximate surface area is 238 Å². The smallest absolute Gasteiger partial charge is 0.227 e. The average molecular weight is 547 g/mol. The SMILES string of the molecule is C/C=C1\C=C2/CC(Cc3cc(OC)cc(OC)c31)C(=O)N(CC)C21CCN(Cc2cc(OC)cc(OC)c2)CC1. The van der Waals surface area contributed by atoms with E-state index in [1.807, 2.05) is 12.1 Å². The van der Waals surface area contributed by atoms with Crippen LogP contribution in [0.25, 0.3) is 5.57 Å². The third kappa shape index (κ3) is 4.96. The van der Waals surface area contributed by atoms with Gasteiger partial charge in [-0.3, -0.25) is 9.69 Å². The first kappa shape index (κ1) is 28.1. The summed E-state index contributed by atoms with van der Waals surface area (Å²) in [4.78, 5) is 18.7. The van der Waals surface area contributed by atoms with Gasteiger partial charge in [0.2, 0.25) is 5.91 Å². The molecule has 1 atom stereocenters. The van der Waals surface area contributed by atoms with Crippen LogP contribution in [0.15, 0.2) is 48.1 Å². The highest BCUT2D eigenvalue weighted by Crippen LogP contribution is 2.48. The van der Waals surface area contributed by atoms with Gasteiger partial charge in [0.15, 0.2) is 0 Å². The maximum atomic E-state index is 14.1. The van der Waals surface area contributed by atoms with Gasteiger partial charge < -0.3 is 23.8 Å². The Morgan fingerprint density at radius 1 is 0.900 bits per heavy atom. The number of nitrogens with zero attached hydrogens (tertiary/aromatic N) is 2. The minimum atomic E-state index is -0.267. The Hall–Kier alpha value is -3.45. The second kappa shape index (κ2) is 11.6. The molecule has 1 unspecified atom stereocenters. The molecule has 3 aliphatic rings. The second-order valence-corrected chi connectivity index (χ2v) is 11.0. The highest BCUT2D eigenvalue weighted by Gasteiger charge is 2.50. The first-order chi connectivity index (χ1) is 19.4. The molecular weight excluding hydrogens is 504 g/mol. The van der Waals surface area contributed by atoms with Crippen molar-refractivity contribution >= 4 is 11.5 Å². The van der Waals surface area contributed by atoms with Gasteiger partial charge in [-0.1, -0.05) is 12.2 Å². The summed E-state index contributed by atoms with van der Waals surface area (Å²) >= 11 is 0. The summed E-state index contributed by atoms with van der Waals surface area (Å²) in [7, 11) is 6.74. The zero-order valence-electron chi connectivity index (χ0n) is 24.7. The molecule has 0 saturated carbocycles. The number of fused-ring (bicyclic) bond motifs is 4. The molecule has 7 heteroatoms. The number of piperidine rings is 2. The lowest BCUT2D eigenvalue weighted by molar-refractivity contribution is -0.146. The number of ether oxygens (including phenoxy) is 4. The molecule has 1 aliphatic carbocycles. The second-order valence-electron chi connectivity index (χ2n) is 11.0. The fourth-order valence-electron chi connectivity index (χ4n) is 7.01. The molecule has 5 rings (SSSR count). The monoisotopic (exact) mass is 546 g/mol. The number of likely N-dealkylation sites (N-methyl/N-ethyl adjacent to an activating group) is 1. The van der Waals surface area contributed by atoms with E-state index in [1.165, 1.54) is 11.1 Å². The predicted octanol–water partition coefficient (Wildman–Crippen LogP) is 5.51. The van der Waals surface area contributed by atoms with Gasteiger partial charge >= 0.3 is 0 Å². The van der Waals surface area contributed by atoms with Crippen LogP contribution >= 0.6 is 0 Å². The number of amides is 1. The van der Waals surface area contributed by atoms with E-state index in [1.54, 1.807) is 28.4 Å². The van der Waals surface area contributed by atoms with Crippen LogP contribution in [0.2, 0.25) is 0 Å². The van der Waals surface area contributed by atoms with Crippen molar-refractivity contribution in [2.75, 3.05) is 48.1 Å². The van der Waals surface area contributed by atoms with Crippen LogP contribution in [0.4, 0.5) is 0 Å². The normalized spacial score (nSPS) is 22.7. The molecule has 2 bridgehead atoms. The molecule has 2 fully saturated rings. The zero-order chi connectivity index (χ0) is 28.4. The lowest BCUT2D eigenvalue weighted by Gasteiger charge is -2.55. The summed E-state index contributed by atoms with van der Waals surface area (Å²) in [5.74, 6) is 3.32. The van der Waals surface area contributed by atoms with Crippen molar-refractivity contribution < 1.29 is 23.7 Å². The molecule has 2 aromatic rings. The van der Waals surface area contributed by atoms with Gasteiger partial charge in [-0.25, -0.2) is 0 Å². The van der Waals surface area contributed by atoms with Crippen molar-refractivity contribution in [3.05, 3.63) is 64.7 Å². The van der Waals surface area contributed by atoms with Crippen LogP contribution in [0, 0.1) is 5.92 Å². The first-order valence-electron chi connectivity index (χ1n) is 14.3. The maximum absolute atomic E-state index is 14.1. The number of methoxy groups -OCH3 is 4. The van der Waals surface area contributed by atoms with Gasteiger partial charge in [0.05, 0.1) is 34.0 Å². The molecule has 0 N–H and O–H groups in total. The van der Waals surface area contributed by atoms with Crippen molar-refractivity contribution in [2.24, 2.45) is 5.92 Å². The van der Waals surface area contributed by atoms with Gasteiger partial charge in [0, 0.05) is 49.8 Å². The van der Waals surface area contributed by atoms with Crippen LogP contribution < -0.4 is 18.9 Å². The van der Waals surface area contributed by atoms with E-state index >= 15 is 0 Å². The minimum absolute atomic E-state index is 0.0897. The number of carbonyl (C=O) groups excluding carboxylic acids is 1.